The molecule has 32 heavy (non-hydrogen) atoms. The number of aliphatic hydroxyl groups excluding tert-OH is 1. The van der Waals surface area contributed by atoms with Gasteiger partial charge in [0.25, 0.3) is 11.8 Å². The van der Waals surface area contributed by atoms with E-state index in [9.17, 15) is 9.59 Å². The van der Waals surface area contributed by atoms with Crippen LogP contribution in [0.1, 0.15) is 20.8 Å². The minimum Gasteiger partial charge on any atom is -0.395 e. The van der Waals surface area contributed by atoms with Crippen molar-refractivity contribution in [1.29, 1.82) is 0 Å². The lowest BCUT2D eigenvalue weighted by Gasteiger charge is -2.06. The van der Waals surface area contributed by atoms with Crippen molar-refractivity contribution in [2.24, 2.45) is 5.73 Å². The van der Waals surface area contributed by atoms with E-state index in [-0.39, 0.29) is 23.2 Å². The number of aliphatic hydroxyl groups is 1. The van der Waals surface area contributed by atoms with Gasteiger partial charge in [-0.2, -0.15) is 0 Å². The minimum absolute atomic E-state index is 0.00660. The maximum atomic E-state index is 12.7. The van der Waals surface area contributed by atoms with Gasteiger partial charge >= 0.3 is 0 Å². The number of hydrogen-bond acceptors (Lipinski definition) is 7. The number of benzene rings is 3. The number of nitrogens with zero attached hydrogens (tertiary/aromatic N) is 1. The molecule has 162 valence electrons. The molecule has 4 rings (SSSR count). The highest BCUT2D eigenvalue weighted by molar-refractivity contribution is 7.20. The molecule has 6 N–H and O–H groups in total. The van der Waals surface area contributed by atoms with Crippen molar-refractivity contribution in [3.8, 4) is 0 Å². The second-order valence-electron chi connectivity index (χ2n) is 6.93. The van der Waals surface area contributed by atoms with Gasteiger partial charge in [0.1, 0.15) is 5.00 Å². The van der Waals surface area contributed by atoms with Crippen molar-refractivity contribution in [3.63, 3.8) is 0 Å². The monoisotopic (exact) mass is 447 g/mol. The van der Waals surface area contributed by atoms with Crippen molar-refractivity contribution >= 4 is 55.4 Å². The third-order valence-corrected chi connectivity index (χ3v) is 5.56. The van der Waals surface area contributed by atoms with Crippen LogP contribution in [0, 0.1) is 0 Å². The van der Waals surface area contributed by atoms with Crippen molar-refractivity contribution < 1.29 is 14.7 Å². The molecule has 2 amide bonds. The first-order valence-corrected chi connectivity index (χ1v) is 10.7. The largest absolute Gasteiger partial charge is 0.395 e. The quantitative estimate of drug-likeness (QED) is 0.279. The lowest BCUT2D eigenvalue weighted by atomic mass is 10.1. The molecule has 9 heteroatoms. The molecule has 3 aromatic carbocycles. The number of anilines is 4. The third-order valence-electron chi connectivity index (χ3n) is 4.68. The molecule has 1 heterocycles. The molecule has 0 fully saturated rings. The Morgan fingerprint density at radius 1 is 0.969 bits per heavy atom. The molecule has 0 atom stereocenters. The van der Waals surface area contributed by atoms with Gasteiger partial charge in [-0.05, 0) is 47.2 Å². The van der Waals surface area contributed by atoms with E-state index in [1.54, 1.807) is 24.3 Å². The number of nitrogens with two attached hydrogens (primary N) is 1. The van der Waals surface area contributed by atoms with Crippen molar-refractivity contribution in [1.82, 2.24) is 4.98 Å². The molecule has 0 spiro atoms. The molecule has 0 unspecified atom stereocenters. The van der Waals surface area contributed by atoms with Crippen LogP contribution in [0.3, 0.4) is 0 Å². The van der Waals surface area contributed by atoms with Gasteiger partial charge in [-0.25, -0.2) is 4.98 Å². The van der Waals surface area contributed by atoms with E-state index in [0.29, 0.717) is 17.2 Å². The third kappa shape index (κ3) is 4.85. The van der Waals surface area contributed by atoms with E-state index in [2.05, 4.69) is 20.9 Å². The Balaban J connectivity index is 1.52. The summed E-state index contributed by atoms with van der Waals surface area (Å²) in [7, 11) is 0. The zero-order valence-corrected chi connectivity index (χ0v) is 17.8. The molecule has 0 bridgehead atoms. The summed E-state index contributed by atoms with van der Waals surface area (Å²) < 4.78 is 0. The zero-order valence-electron chi connectivity index (χ0n) is 17.0. The van der Waals surface area contributed by atoms with Crippen LogP contribution in [0.15, 0.2) is 66.7 Å². The van der Waals surface area contributed by atoms with Crippen LogP contribution in [-0.2, 0) is 0 Å². The summed E-state index contributed by atoms with van der Waals surface area (Å²) in [6, 6.07) is 20.6. The Labute approximate surface area is 188 Å². The van der Waals surface area contributed by atoms with Crippen LogP contribution < -0.4 is 21.7 Å². The van der Waals surface area contributed by atoms with Gasteiger partial charge in [0, 0.05) is 23.5 Å². The van der Waals surface area contributed by atoms with Gasteiger partial charge in [-0.15, -0.1) is 0 Å². The fraction of sp³-hybridized carbons (Fsp3) is 0.0870. The highest BCUT2D eigenvalue weighted by atomic mass is 32.1. The molecule has 0 saturated heterocycles. The minimum atomic E-state index is -0.730. The number of hydrogen-bond donors (Lipinski definition) is 5. The molecule has 0 aliphatic rings. The summed E-state index contributed by atoms with van der Waals surface area (Å²) in [5.74, 6) is -1.12. The van der Waals surface area contributed by atoms with Gasteiger partial charge < -0.3 is 26.8 Å². The number of carbonyl (C=O) groups excluding carboxylic acids is 2. The standard InChI is InChI=1S/C23H21N5O3S/c24-20(30)19-22(28-21(31)15-6-8-17(9-7-15)25-11-12-29)32-23(27-19)26-18-10-5-14-3-1-2-4-16(14)13-18/h1-10,13,25,29H,11-12H2,(H2,24,30)(H,26,27)(H,28,31). The number of nitrogens with one attached hydrogen (secondary N) is 3. The van der Waals surface area contributed by atoms with Crippen molar-refractivity contribution in [2.45, 2.75) is 0 Å². The van der Waals surface area contributed by atoms with Gasteiger partial charge in [0.05, 0.1) is 6.61 Å². The van der Waals surface area contributed by atoms with Crippen LogP contribution in [-0.4, -0.2) is 35.1 Å². The van der Waals surface area contributed by atoms with Gasteiger partial charge in [0.2, 0.25) is 0 Å². The Bertz CT molecular complexity index is 1270. The molecule has 0 radical (unpaired) electrons. The SMILES string of the molecule is NC(=O)c1nc(Nc2ccc3ccccc3c2)sc1NC(=O)c1ccc(NCCO)cc1. The smallest absolute Gasteiger partial charge is 0.270 e. The summed E-state index contributed by atoms with van der Waals surface area (Å²) in [6.45, 7) is 0.431. The number of amides is 2. The fourth-order valence-corrected chi connectivity index (χ4v) is 4.02. The van der Waals surface area contributed by atoms with Crippen molar-refractivity contribution in [2.75, 3.05) is 29.1 Å². The highest BCUT2D eigenvalue weighted by Crippen LogP contribution is 2.32. The number of carbonyl (C=O) groups is 2. The molecule has 0 saturated carbocycles. The van der Waals surface area contributed by atoms with Crippen LogP contribution in [0.4, 0.5) is 21.5 Å². The number of thiazole rings is 1. The first-order chi connectivity index (χ1) is 15.5. The lowest BCUT2D eigenvalue weighted by molar-refractivity contribution is 0.0997. The van der Waals surface area contributed by atoms with Crippen LogP contribution >= 0.6 is 11.3 Å². The Morgan fingerprint density at radius 2 is 1.69 bits per heavy atom. The van der Waals surface area contributed by atoms with E-state index >= 15 is 0 Å². The maximum Gasteiger partial charge on any atom is 0.270 e. The molecule has 8 nitrogen and oxygen atoms in total. The van der Waals surface area contributed by atoms with E-state index in [0.717, 1.165) is 33.5 Å². The number of rotatable bonds is 8. The van der Waals surface area contributed by atoms with Gasteiger partial charge in [-0.1, -0.05) is 41.7 Å². The second-order valence-corrected chi connectivity index (χ2v) is 7.93. The van der Waals surface area contributed by atoms with E-state index in [1.165, 1.54) is 0 Å². The second kappa shape index (κ2) is 9.46. The average Bonchev–Trinajstić information content (AvgIpc) is 3.20. The molecule has 1 aromatic heterocycles. The van der Waals surface area contributed by atoms with Gasteiger partial charge in [0.15, 0.2) is 10.8 Å². The lowest BCUT2D eigenvalue weighted by Crippen LogP contribution is -2.17. The van der Waals surface area contributed by atoms with E-state index < -0.39 is 5.91 Å². The van der Waals surface area contributed by atoms with Gasteiger partial charge in [-0.3, -0.25) is 9.59 Å². The Kier molecular flexibility index (Phi) is 6.29. The molecular weight excluding hydrogens is 426 g/mol. The Morgan fingerprint density at radius 3 is 2.41 bits per heavy atom. The summed E-state index contributed by atoms with van der Waals surface area (Å²) >= 11 is 1.13. The maximum absolute atomic E-state index is 12.7. The summed E-state index contributed by atoms with van der Waals surface area (Å²) in [5.41, 5.74) is 7.47. The number of fused-ring (bicyclic) bond motifs is 1. The van der Waals surface area contributed by atoms with E-state index in [1.807, 2.05) is 42.5 Å². The number of primary amides is 1. The normalized spacial score (nSPS) is 10.7. The molecule has 4 aromatic rings. The predicted octanol–water partition coefficient (Wildman–Crippen LogP) is 3.80. The summed E-state index contributed by atoms with van der Waals surface area (Å²) in [5, 5.41) is 20.7. The molecular formula is C23H21N5O3S. The number of aromatic nitrogens is 1. The first kappa shape index (κ1) is 21.3. The zero-order chi connectivity index (χ0) is 22.5. The topological polar surface area (TPSA) is 129 Å². The fourth-order valence-electron chi connectivity index (χ4n) is 3.13. The first-order valence-electron chi connectivity index (χ1n) is 9.86. The van der Waals surface area contributed by atoms with Crippen LogP contribution in [0.25, 0.3) is 10.8 Å². The van der Waals surface area contributed by atoms with Crippen molar-refractivity contribution in [3.05, 3.63) is 78.0 Å². The highest BCUT2D eigenvalue weighted by Gasteiger charge is 2.19. The summed E-state index contributed by atoms with van der Waals surface area (Å²) in [6.07, 6.45) is 0. The molecule has 0 aliphatic heterocycles. The Hall–Kier alpha value is -3.95. The average molecular weight is 448 g/mol. The van der Waals surface area contributed by atoms with Crippen LogP contribution in [0.5, 0.6) is 0 Å². The predicted molar refractivity (Wildman–Crippen MR) is 128 cm³/mol. The molecule has 0 aliphatic carbocycles. The summed E-state index contributed by atoms with van der Waals surface area (Å²) in [4.78, 5) is 28.8. The van der Waals surface area contributed by atoms with E-state index in [4.69, 9.17) is 10.8 Å². The van der Waals surface area contributed by atoms with Crippen LogP contribution in [0.2, 0.25) is 0 Å².